The average molecular weight is 290 g/mol. The smallest absolute Gasteiger partial charge is 0.341 e. The van der Waals surface area contributed by atoms with Gasteiger partial charge < -0.3 is 4.74 Å². The highest BCUT2D eigenvalue weighted by atomic mass is 16.6. The second-order valence-corrected chi connectivity index (χ2v) is 4.38. The van der Waals surface area contributed by atoms with Crippen LogP contribution in [-0.2, 0) is 4.74 Å². The Balaban J connectivity index is 2.39. The molecule has 0 bridgehead atoms. The Labute approximate surface area is 120 Å². The number of esters is 1. The number of nitrogens with zero attached hydrogens (tertiary/aromatic N) is 4. The number of aryl methyl sites for hydroxylation is 2. The van der Waals surface area contributed by atoms with Crippen molar-refractivity contribution in [2.24, 2.45) is 0 Å². The van der Waals surface area contributed by atoms with Crippen molar-refractivity contribution >= 4 is 11.7 Å². The fraction of sp³-hybridized carbons (Fsp3) is 0.308. The van der Waals surface area contributed by atoms with Gasteiger partial charge in [-0.3, -0.25) is 10.1 Å². The predicted molar refractivity (Wildman–Crippen MR) is 73.4 cm³/mol. The van der Waals surface area contributed by atoms with E-state index in [0.29, 0.717) is 22.6 Å². The summed E-state index contributed by atoms with van der Waals surface area (Å²) in [5.41, 5.74) is 1.25. The number of hydrogen-bond acceptors (Lipinski definition) is 6. The maximum atomic E-state index is 11.7. The monoisotopic (exact) mass is 290 g/mol. The molecule has 0 fully saturated rings. The minimum atomic E-state index is -0.496. The topological polar surface area (TPSA) is 100 Å². The van der Waals surface area contributed by atoms with Gasteiger partial charge in [0, 0.05) is 11.8 Å². The normalized spacial score (nSPS) is 10.4. The molecule has 0 aromatic carbocycles. The van der Waals surface area contributed by atoms with Gasteiger partial charge in [-0.25, -0.2) is 14.5 Å². The molecule has 0 amide bonds. The summed E-state index contributed by atoms with van der Waals surface area (Å²) in [4.78, 5) is 26.0. The van der Waals surface area contributed by atoms with E-state index in [0.717, 1.165) is 0 Å². The first-order chi connectivity index (χ1) is 9.93. The van der Waals surface area contributed by atoms with Gasteiger partial charge in [0.1, 0.15) is 11.8 Å². The lowest BCUT2D eigenvalue weighted by Crippen LogP contribution is -2.05. The Morgan fingerprint density at radius 3 is 2.76 bits per heavy atom. The summed E-state index contributed by atoms with van der Waals surface area (Å²) in [7, 11) is 0. The molecule has 0 aliphatic rings. The summed E-state index contributed by atoms with van der Waals surface area (Å²) < 4.78 is 6.33. The van der Waals surface area contributed by atoms with Crippen LogP contribution in [0.4, 0.5) is 5.69 Å². The van der Waals surface area contributed by atoms with Crippen molar-refractivity contribution in [1.29, 1.82) is 0 Å². The van der Waals surface area contributed by atoms with Gasteiger partial charge in [0.2, 0.25) is 0 Å². The van der Waals surface area contributed by atoms with Crippen LogP contribution in [0.2, 0.25) is 0 Å². The number of rotatable bonds is 4. The third kappa shape index (κ3) is 2.88. The molecule has 8 heteroatoms. The molecule has 0 spiro atoms. The molecule has 0 N–H and O–H groups in total. The minimum absolute atomic E-state index is 0.0618. The summed E-state index contributed by atoms with van der Waals surface area (Å²) in [6, 6.07) is 1.54. The summed E-state index contributed by atoms with van der Waals surface area (Å²) in [6.07, 6.45) is 2.67. The van der Waals surface area contributed by atoms with E-state index in [2.05, 4.69) is 10.1 Å². The zero-order valence-electron chi connectivity index (χ0n) is 11.9. The van der Waals surface area contributed by atoms with Gasteiger partial charge in [0.15, 0.2) is 5.82 Å². The van der Waals surface area contributed by atoms with E-state index in [1.165, 1.54) is 17.1 Å². The average Bonchev–Trinajstić information content (AvgIpc) is 2.80. The molecule has 21 heavy (non-hydrogen) atoms. The zero-order chi connectivity index (χ0) is 15.6. The molecule has 110 valence electrons. The first-order valence-electron chi connectivity index (χ1n) is 6.28. The molecule has 2 aromatic rings. The molecule has 2 rings (SSSR count). The second-order valence-electron chi connectivity index (χ2n) is 4.38. The molecule has 0 atom stereocenters. The number of ether oxygens (including phenoxy) is 1. The van der Waals surface area contributed by atoms with Crippen molar-refractivity contribution in [2.75, 3.05) is 6.61 Å². The van der Waals surface area contributed by atoms with E-state index in [1.807, 2.05) is 0 Å². The highest BCUT2D eigenvalue weighted by Crippen LogP contribution is 2.19. The largest absolute Gasteiger partial charge is 0.462 e. The van der Waals surface area contributed by atoms with Crippen LogP contribution >= 0.6 is 0 Å². The van der Waals surface area contributed by atoms with Gasteiger partial charge in [-0.05, 0) is 26.8 Å². The van der Waals surface area contributed by atoms with E-state index in [9.17, 15) is 14.9 Å². The van der Waals surface area contributed by atoms with E-state index in [4.69, 9.17) is 4.74 Å². The van der Waals surface area contributed by atoms with Gasteiger partial charge in [0.25, 0.3) is 5.69 Å². The third-order valence-electron chi connectivity index (χ3n) is 2.89. The van der Waals surface area contributed by atoms with Crippen molar-refractivity contribution in [3.8, 4) is 5.82 Å². The summed E-state index contributed by atoms with van der Waals surface area (Å²) in [5, 5.41) is 15.0. The van der Waals surface area contributed by atoms with E-state index >= 15 is 0 Å². The maximum absolute atomic E-state index is 11.7. The number of pyridine rings is 1. The minimum Gasteiger partial charge on any atom is -0.462 e. The van der Waals surface area contributed by atoms with E-state index in [1.54, 1.807) is 26.8 Å². The zero-order valence-corrected chi connectivity index (χ0v) is 11.9. The molecule has 0 radical (unpaired) electrons. The Kier molecular flexibility index (Phi) is 3.97. The molecular weight excluding hydrogens is 276 g/mol. The van der Waals surface area contributed by atoms with Crippen molar-refractivity contribution in [3.63, 3.8) is 0 Å². The molecule has 2 heterocycles. The molecule has 0 aliphatic carbocycles. The Morgan fingerprint density at radius 2 is 2.19 bits per heavy atom. The van der Waals surface area contributed by atoms with Crippen LogP contribution in [0.5, 0.6) is 0 Å². The van der Waals surface area contributed by atoms with Gasteiger partial charge in [-0.1, -0.05) is 0 Å². The standard InChI is InChI=1S/C13H14N4O4/c1-4-21-13(18)10-7-16(15-9(10)3)12-5-8(2)11(6-14-12)17(19)20/h5-7H,4H2,1-3H3. The van der Waals surface area contributed by atoms with Crippen LogP contribution in [0.15, 0.2) is 18.5 Å². The first kappa shape index (κ1) is 14.6. The molecule has 2 aromatic heterocycles. The van der Waals surface area contributed by atoms with Crippen molar-refractivity contribution in [3.05, 3.63) is 45.4 Å². The lowest BCUT2D eigenvalue weighted by atomic mass is 10.2. The van der Waals surface area contributed by atoms with Crippen LogP contribution in [0.3, 0.4) is 0 Å². The number of carbonyl (C=O) groups is 1. The van der Waals surface area contributed by atoms with E-state index < -0.39 is 10.9 Å². The lowest BCUT2D eigenvalue weighted by molar-refractivity contribution is -0.385. The molecule has 8 nitrogen and oxygen atoms in total. The molecule has 0 saturated carbocycles. The fourth-order valence-electron chi connectivity index (χ4n) is 1.84. The Hall–Kier alpha value is -2.77. The van der Waals surface area contributed by atoms with Crippen LogP contribution in [0.25, 0.3) is 5.82 Å². The van der Waals surface area contributed by atoms with Crippen molar-refractivity contribution in [2.45, 2.75) is 20.8 Å². The van der Waals surface area contributed by atoms with Gasteiger partial charge in [-0.15, -0.1) is 0 Å². The first-order valence-corrected chi connectivity index (χ1v) is 6.28. The molecular formula is C13H14N4O4. The molecule has 0 unspecified atom stereocenters. The molecule has 0 saturated heterocycles. The summed E-state index contributed by atoms with van der Waals surface area (Å²) in [6.45, 7) is 5.30. The quantitative estimate of drug-likeness (QED) is 0.485. The number of nitro groups is 1. The Morgan fingerprint density at radius 1 is 1.48 bits per heavy atom. The molecule has 0 aliphatic heterocycles. The van der Waals surface area contributed by atoms with Crippen LogP contribution < -0.4 is 0 Å². The van der Waals surface area contributed by atoms with Crippen LogP contribution in [0.1, 0.15) is 28.5 Å². The number of carbonyl (C=O) groups excluding carboxylic acids is 1. The van der Waals surface area contributed by atoms with Crippen molar-refractivity contribution < 1.29 is 14.5 Å². The van der Waals surface area contributed by atoms with Gasteiger partial charge >= 0.3 is 5.97 Å². The summed E-state index contributed by atoms with van der Waals surface area (Å²) >= 11 is 0. The van der Waals surface area contributed by atoms with Crippen LogP contribution in [-0.4, -0.2) is 32.3 Å². The number of hydrogen-bond donors (Lipinski definition) is 0. The lowest BCUT2D eigenvalue weighted by Gasteiger charge is -2.02. The fourth-order valence-corrected chi connectivity index (χ4v) is 1.84. The van der Waals surface area contributed by atoms with Gasteiger partial charge in [-0.2, -0.15) is 5.10 Å². The highest BCUT2D eigenvalue weighted by Gasteiger charge is 2.17. The second kappa shape index (κ2) is 5.70. The van der Waals surface area contributed by atoms with E-state index in [-0.39, 0.29) is 12.3 Å². The third-order valence-corrected chi connectivity index (χ3v) is 2.89. The SMILES string of the molecule is CCOC(=O)c1cn(-c2cc(C)c([N+](=O)[O-])cn2)nc1C. The number of aromatic nitrogens is 3. The Bertz CT molecular complexity index is 708. The highest BCUT2D eigenvalue weighted by molar-refractivity contribution is 5.90. The van der Waals surface area contributed by atoms with Crippen molar-refractivity contribution in [1.82, 2.24) is 14.8 Å². The maximum Gasteiger partial charge on any atom is 0.341 e. The van der Waals surface area contributed by atoms with Crippen LogP contribution in [0, 0.1) is 24.0 Å². The summed E-state index contributed by atoms with van der Waals surface area (Å²) in [5.74, 6) is -0.0587. The van der Waals surface area contributed by atoms with Gasteiger partial charge in [0.05, 0.1) is 17.2 Å². The predicted octanol–water partition coefficient (Wildman–Crippen LogP) is 1.97.